The lowest BCUT2D eigenvalue weighted by atomic mass is 9.91. The molecular formula is C57H109N13. The third-order valence-electron chi connectivity index (χ3n) is 18.3. The molecule has 6 saturated heterocycles. The summed E-state index contributed by atoms with van der Waals surface area (Å²) in [6, 6.07) is 9.81. The maximum Gasteiger partial charge on any atom is 0.128 e. The van der Waals surface area contributed by atoms with Gasteiger partial charge in [0.1, 0.15) is 5.82 Å². The van der Waals surface area contributed by atoms with Crippen molar-refractivity contribution < 1.29 is 29.4 Å². The van der Waals surface area contributed by atoms with Crippen molar-refractivity contribution in [3.05, 3.63) is 66.7 Å². The smallest absolute Gasteiger partial charge is 0.128 e. The number of hydrogen-bond donors (Lipinski definition) is 6. The third-order valence-corrected chi connectivity index (χ3v) is 18.3. The molecule has 1 aromatic heterocycles. The molecule has 402 valence electrons. The molecule has 70 heavy (non-hydrogen) atoms. The number of nitrogens with zero attached hydrogens (tertiary/aromatic N) is 7. The van der Waals surface area contributed by atoms with Gasteiger partial charge >= 0.3 is 0 Å². The van der Waals surface area contributed by atoms with Gasteiger partial charge in [-0.05, 0) is 83.3 Å². The highest BCUT2D eigenvalue weighted by Crippen LogP contribution is 2.40. The van der Waals surface area contributed by atoms with Crippen molar-refractivity contribution >= 4 is 5.82 Å². The lowest BCUT2D eigenvalue weighted by Gasteiger charge is -2.42. The molecule has 6 aliphatic heterocycles. The topological polar surface area (TPSA) is 59.0 Å². The first-order valence-corrected chi connectivity index (χ1v) is 29.4. The minimum atomic E-state index is 0.598. The number of quaternary nitrogens is 6. The highest BCUT2D eigenvalue weighted by molar-refractivity contribution is 5.37. The average molecular weight is 977 g/mol. The molecule has 0 atom stereocenters. The fourth-order valence-electron chi connectivity index (χ4n) is 12.2. The van der Waals surface area contributed by atoms with Gasteiger partial charge in [-0.1, -0.05) is 44.6 Å². The van der Waals surface area contributed by atoms with Crippen LogP contribution < -0.4 is 34.3 Å². The largest absolute Gasteiger partial charge is 0.466 e. The fourth-order valence-corrected chi connectivity index (χ4v) is 12.2. The van der Waals surface area contributed by atoms with E-state index in [9.17, 15) is 0 Å². The maximum absolute atomic E-state index is 4.32. The van der Waals surface area contributed by atoms with Crippen LogP contribution in [-0.2, 0) is 0 Å². The van der Waals surface area contributed by atoms with E-state index >= 15 is 0 Å². The van der Waals surface area contributed by atoms with Crippen LogP contribution in [-0.4, -0.2) is 216 Å². The van der Waals surface area contributed by atoms with Crippen LogP contribution in [0.3, 0.4) is 0 Å². The van der Waals surface area contributed by atoms with Crippen LogP contribution in [0, 0.1) is 42.3 Å². The van der Waals surface area contributed by atoms with Gasteiger partial charge in [0.05, 0.1) is 91.6 Å². The second kappa shape index (κ2) is 29.6. The van der Waals surface area contributed by atoms with Crippen LogP contribution >= 0.6 is 0 Å². The van der Waals surface area contributed by atoms with Crippen molar-refractivity contribution in [2.75, 3.05) is 162 Å². The molecular weight excluding hydrogens is 867 g/mol. The summed E-state index contributed by atoms with van der Waals surface area (Å²) < 4.78 is 0. The Bertz CT molecular complexity index is 1480. The van der Waals surface area contributed by atoms with Crippen molar-refractivity contribution in [1.82, 2.24) is 29.5 Å². The SMILES string of the molecule is [CH2-][NH+]1CCN(C2(C)CC2)CC1.[CH2-][NH+]1CCN(C2CC2)CC1.[CH2-][NH+]1CCN(C2CCC2)CC1.[CH2-][NH+]1CCN(C2CCCC2)CC1.[CH2-][NH+]1CCN(C2CCCCC2)CC1.[CH2-][NH+]1CCN(c2ccccn2)CC1. The van der Waals surface area contributed by atoms with E-state index in [1.54, 1.807) is 0 Å². The number of nitrogens with one attached hydrogen (secondary N) is 6. The van der Waals surface area contributed by atoms with Crippen LogP contribution in [0.15, 0.2) is 24.4 Å². The molecule has 7 heterocycles. The van der Waals surface area contributed by atoms with E-state index in [1.807, 2.05) is 18.3 Å². The van der Waals surface area contributed by atoms with Crippen LogP contribution in [0.4, 0.5) is 5.82 Å². The van der Waals surface area contributed by atoms with Gasteiger partial charge in [0.25, 0.3) is 0 Å². The average Bonchev–Trinajstić information content (AvgIpc) is 4.31. The van der Waals surface area contributed by atoms with E-state index in [-0.39, 0.29) is 0 Å². The fraction of sp³-hybridized carbons (Fsp3) is 0.807. The van der Waals surface area contributed by atoms with Crippen molar-refractivity contribution in [3.8, 4) is 0 Å². The van der Waals surface area contributed by atoms with Crippen LogP contribution in [0.2, 0.25) is 0 Å². The molecule has 12 rings (SSSR count). The number of rotatable bonds is 6. The number of hydrogen-bond acceptors (Lipinski definition) is 7. The van der Waals surface area contributed by atoms with Gasteiger partial charge in [-0.2, -0.15) is 42.3 Å². The summed E-state index contributed by atoms with van der Waals surface area (Å²) in [6.07, 6.45) is 25.1. The molecule has 0 radical (unpaired) electrons. The number of aromatic nitrogens is 1. The summed E-state index contributed by atoms with van der Waals surface area (Å²) in [7, 11) is 24.2. The number of anilines is 1. The maximum atomic E-state index is 4.32. The molecule has 11 aliphatic rings. The standard InChI is InChI=1S/C11H22N2.C10H15N3.C10H20N2.2C9H18N2.C8H16N2/c1-12-7-9-13(10-8-12)11-5-3-2-4-6-11;1-12-6-8-13(9-7-12)10-4-2-3-5-11-10;1-11-6-8-12(9-7-11)10-4-2-3-5-10;1-9(3-4-9)11-7-5-10(2)6-8-11;1-10-5-7-11(8-6-10)9-3-2-4-9;1-9-4-6-10(7-5-9)8-2-3-8/h11-12H,1-10H2;2-5,12H,1,6-9H2;10-11H,1-9H2;10H,2-8H2,1H3;9-10H,1-8H2;8-9H,1-7H2. The molecule has 1 aromatic rings. The first-order chi connectivity index (χ1) is 34.0. The van der Waals surface area contributed by atoms with Gasteiger partial charge in [0.15, 0.2) is 0 Å². The minimum Gasteiger partial charge on any atom is -0.466 e. The molecule has 5 saturated carbocycles. The molecule has 0 amide bonds. The van der Waals surface area contributed by atoms with Gasteiger partial charge in [-0.25, -0.2) is 4.98 Å². The van der Waals surface area contributed by atoms with Crippen LogP contribution in [0.5, 0.6) is 0 Å². The molecule has 0 aromatic carbocycles. The van der Waals surface area contributed by atoms with Crippen molar-refractivity contribution in [3.63, 3.8) is 0 Å². The van der Waals surface area contributed by atoms with Crippen LogP contribution in [0.1, 0.15) is 110 Å². The Morgan fingerprint density at radius 2 is 0.714 bits per heavy atom. The van der Waals surface area contributed by atoms with Gasteiger partial charge in [0.2, 0.25) is 0 Å². The summed E-state index contributed by atoms with van der Waals surface area (Å²) >= 11 is 0. The molecule has 0 spiro atoms. The summed E-state index contributed by atoms with van der Waals surface area (Å²) in [6.45, 7) is 31.9. The number of piperazine rings is 6. The highest BCUT2D eigenvalue weighted by atomic mass is 15.3. The van der Waals surface area contributed by atoms with E-state index < -0.39 is 0 Å². The second-order valence-corrected chi connectivity index (χ2v) is 23.8. The molecule has 0 unspecified atom stereocenters. The Morgan fingerprint density at radius 1 is 0.400 bits per heavy atom. The lowest BCUT2D eigenvalue weighted by Crippen LogP contribution is -3.10. The van der Waals surface area contributed by atoms with E-state index in [2.05, 4.69) is 89.7 Å². The van der Waals surface area contributed by atoms with Gasteiger partial charge in [-0.15, -0.1) is 0 Å². The zero-order valence-electron chi connectivity index (χ0n) is 45.3. The van der Waals surface area contributed by atoms with Crippen molar-refractivity contribution in [1.29, 1.82) is 0 Å². The van der Waals surface area contributed by atoms with Crippen molar-refractivity contribution in [2.45, 2.75) is 139 Å². The summed E-state index contributed by atoms with van der Waals surface area (Å²) in [4.78, 5) is 28.6. The summed E-state index contributed by atoms with van der Waals surface area (Å²) in [5, 5.41) is 0. The summed E-state index contributed by atoms with van der Waals surface area (Å²) in [5.41, 5.74) is 0.598. The van der Waals surface area contributed by atoms with Gasteiger partial charge in [0, 0.05) is 101 Å². The first-order valence-electron chi connectivity index (χ1n) is 29.4. The zero-order chi connectivity index (χ0) is 49.1. The number of pyridine rings is 1. The summed E-state index contributed by atoms with van der Waals surface area (Å²) in [5.74, 6) is 1.09. The predicted molar refractivity (Wildman–Crippen MR) is 288 cm³/mol. The molecule has 5 aliphatic carbocycles. The zero-order valence-corrected chi connectivity index (χ0v) is 45.3. The van der Waals surface area contributed by atoms with Gasteiger partial charge < -0.3 is 34.3 Å². The van der Waals surface area contributed by atoms with E-state index in [0.29, 0.717) is 5.54 Å². The minimum absolute atomic E-state index is 0.598. The molecule has 11 fully saturated rings. The van der Waals surface area contributed by atoms with Crippen molar-refractivity contribution in [2.24, 2.45) is 0 Å². The first kappa shape index (κ1) is 56.2. The predicted octanol–water partition coefficient (Wildman–Crippen LogP) is -1.99. The normalized spacial score (nSPS) is 28.3. The molecule has 6 N–H and O–H groups in total. The molecule has 13 nitrogen and oxygen atoms in total. The Morgan fingerprint density at radius 3 is 1.01 bits per heavy atom. The second-order valence-electron chi connectivity index (χ2n) is 23.8. The molecule has 0 bridgehead atoms. The van der Waals surface area contributed by atoms with E-state index in [0.717, 1.165) is 56.2 Å². The van der Waals surface area contributed by atoms with E-state index in [1.165, 1.54) is 263 Å². The van der Waals surface area contributed by atoms with Gasteiger partial charge in [-0.3, -0.25) is 24.5 Å². The Balaban J connectivity index is 0.000000124. The Hall–Kier alpha value is -1.49. The third kappa shape index (κ3) is 19.3. The monoisotopic (exact) mass is 976 g/mol. The van der Waals surface area contributed by atoms with Crippen LogP contribution in [0.25, 0.3) is 0 Å². The molecule has 13 heteroatoms. The Kier molecular flexibility index (Phi) is 23.8. The Labute approximate surface area is 431 Å². The quantitative estimate of drug-likeness (QED) is 0.185. The highest BCUT2D eigenvalue weighted by Gasteiger charge is 2.44. The van der Waals surface area contributed by atoms with E-state index in [4.69, 9.17) is 0 Å². The lowest BCUT2D eigenvalue weighted by molar-refractivity contribution is -0.859.